The van der Waals surface area contributed by atoms with E-state index in [2.05, 4.69) is 73.6 Å². The summed E-state index contributed by atoms with van der Waals surface area (Å²) in [5, 5.41) is 0. The molecule has 0 bridgehead atoms. The van der Waals surface area contributed by atoms with Gasteiger partial charge in [0.25, 0.3) is 0 Å². The first-order chi connectivity index (χ1) is 20.1. The van der Waals surface area contributed by atoms with Crippen LogP contribution in [0.1, 0.15) is 195 Å². The Morgan fingerprint density at radius 3 is 1.24 bits per heavy atom. The summed E-state index contributed by atoms with van der Waals surface area (Å²) in [5.41, 5.74) is 2.64. The van der Waals surface area contributed by atoms with Crippen molar-refractivity contribution >= 4 is 8.60 Å². The quantitative estimate of drug-likeness (QED) is 0.0775. The van der Waals surface area contributed by atoms with Gasteiger partial charge < -0.3 is 13.6 Å². The van der Waals surface area contributed by atoms with E-state index >= 15 is 0 Å². The van der Waals surface area contributed by atoms with Crippen molar-refractivity contribution in [3.8, 4) is 5.75 Å². The summed E-state index contributed by atoms with van der Waals surface area (Å²) in [6.07, 6.45) is 26.5. The van der Waals surface area contributed by atoms with E-state index in [9.17, 15) is 0 Å². The van der Waals surface area contributed by atoms with E-state index in [0.29, 0.717) is 13.2 Å². The van der Waals surface area contributed by atoms with Crippen molar-refractivity contribution in [1.82, 2.24) is 0 Å². The van der Waals surface area contributed by atoms with Crippen LogP contribution in [0.5, 0.6) is 5.75 Å². The second-order valence-electron chi connectivity index (χ2n) is 14.6. The van der Waals surface area contributed by atoms with E-state index in [-0.39, 0.29) is 10.8 Å². The molecule has 4 heteroatoms. The fourth-order valence-electron chi connectivity index (χ4n) is 5.29. The number of rotatable bonds is 26. The van der Waals surface area contributed by atoms with Gasteiger partial charge in [0, 0.05) is 5.56 Å². The largest absolute Gasteiger partial charge is 0.426 e. The van der Waals surface area contributed by atoms with Gasteiger partial charge in [0.1, 0.15) is 5.75 Å². The van der Waals surface area contributed by atoms with Gasteiger partial charge in [-0.1, -0.05) is 183 Å². The molecule has 0 N–H and O–H groups in total. The molecule has 42 heavy (non-hydrogen) atoms. The second kappa shape index (κ2) is 23.7. The number of hydrogen-bond donors (Lipinski definition) is 0. The highest BCUT2D eigenvalue weighted by molar-refractivity contribution is 7.42. The number of benzene rings is 1. The Balaban J connectivity index is 2.57. The van der Waals surface area contributed by atoms with Crippen molar-refractivity contribution in [2.75, 3.05) is 13.2 Å². The molecule has 0 aliphatic rings. The normalized spacial score (nSPS) is 12.4. The third-order valence-electron chi connectivity index (χ3n) is 8.22. The molecule has 0 radical (unpaired) electrons. The van der Waals surface area contributed by atoms with Crippen LogP contribution in [0.3, 0.4) is 0 Å². The molecule has 0 saturated heterocycles. The maximum absolute atomic E-state index is 6.54. The van der Waals surface area contributed by atoms with Gasteiger partial charge in [-0.15, -0.1) is 0 Å². The van der Waals surface area contributed by atoms with Crippen LogP contribution >= 0.6 is 8.60 Å². The first kappa shape index (κ1) is 39.4. The summed E-state index contributed by atoms with van der Waals surface area (Å²) in [5.74, 6) is 0.910. The Morgan fingerprint density at radius 1 is 0.500 bits per heavy atom. The van der Waals surface area contributed by atoms with Gasteiger partial charge in [-0.2, -0.15) is 0 Å². The minimum atomic E-state index is -1.41. The van der Waals surface area contributed by atoms with Gasteiger partial charge in [0.2, 0.25) is 0 Å². The van der Waals surface area contributed by atoms with Crippen molar-refractivity contribution in [2.24, 2.45) is 0 Å². The van der Waals surface area contributed by atoms with Crippen LogP contribution in [0.4, 0.5) is 0 Å². The zero-order valence-corrected chi connectivity index (χ0v) is 30.4. The predicted molar refractivity (Wildman–Crippen MR) is 187 cm³/mol. The van der Waals surface area contributed by atoms with Crippen molar-refractivity contribution in [1.29, 1.82) is 0 Å². The van der Waals surface area contributed by atoms with Crippen LogP contribution in [-0.4, -0.2) is 13.2 Å². The fourth-order valence-corrected chi connectivity index (χ4v) is 6.35. The topological polar surface area (TPSA) is 27.7 Å². The lowest BCUT2D eigenvalue weighted by Gasteiger charge is -2.28. The summed E-state index contributed by atoms with van der Waals surface area (Å²) in [4.78, 5) is 0. The van der Waals surface area contributed by atoms with Crippen LogP contribution in [0.15, 0.2) is 18.2 Å². The fraction of sp³-hybridized carbons (Fsp3) is 0.842. The SMILES string of the molecule is CCCCCCCCCCCCOP(OCCCCCCCCCCCC)Oc1ccc(C(C)(C)C)cc1C(C)(C)C. The first-order valence-corrected chi connectivity index (χ1v) is 19.1. The molecule has 1 aromatic carbocycles. The molecule has 0 aliphatic carbocycles. The van der Waals surface area contributed by atoms with Crippen LogP contribution in [0.2, 0.25) is 0 Å². The lowest BCUT2D eigenvalue weighted by atomic mass is 9.80. The van der Waals surface area contributed by atoms with Gasteiger partial charge in [-0.3, -0.25) is 0 Å². The summed E-state index contributed by atoms with van der Waals surface area (Å²) in [6, 6.07) is 6.68. The van der Waals surface area contributed by atoms with Crippen LogP contribution in [0, 0.1) is 0 Å². The maximum Gasteiger partial charge on any atom is 0.397 e. The molecular weight excluding hydrogens is 535 g/mol. The Morgan fingerprint density at radius 2 is 0.881 bits per heavy atom. The minimum absolute atomic E-state index is 0.0231. The molecule has 0 unspecified atom stereocenters. The Hall–Kier alpha value is -0.630. The molecule has 0 aromatic heterocycles. The van der Waals surface area contributed by atoms with Crippen molar-refractivity contribution < 1.29 is 13.6 Å². The third-order valence-corrected chi connectivity index (χ3v) is 9.35. The van der Waals surface area contributed by atoms with E-state index in [1.54, 1.807) is 0 Å². The van der Waals surface area contributed by atoms with Gasteiger partial charge in [-0.25, -0.2) is 0 Å². The van der Waals surface area contributed by atoms with E-state index in [4.69, 9.17) is 13.6 Å². The average Bonchev–Trinajstić information content (AvgIpc) is 2.93. The van der Waals surface area contributed by atoms with E-state index in [1.807, 2.05) is 0 Å². The molecule has 3 nitrogen and oxygen atoms in total. The van der Waals surface area contributed by atoms with Crippen LogP contribution in [-0.2, 0) is 19.9 Å². The predicted octanol–water partition coefficient (Wildman–Crippen LogP) is 13.8. The third kappa shape index (κ3) is 19.6. The zero-order chi connectivity index (χ0) is 31.1. The zero-order valence-electron chi connectivity index (χ0n) is 29.5. The summed E-state index contributed by atoms with van der Waals surface area (Å²) < 4.78 is 19.1. The summed E-state index contributed by atoms with van der Waals surface area (Å²) in [7, 11) is -1.41. The van der Waals surface area contributed by atoms with Crippen LogP contribution < -0.4 is 4.52 Å². The second-order valence-corrected chi connectivity index (χ2v) is 15.7. The molecule has 0 atom stereocenters. The highest BCUT2D eigenvalue weighted by Crippen LogP contribution is 2.45. The van der Waals surface area contributed by atoms with Gasteiger partial charge >= 0.3 is 8.60 Å². The monoisotopic (exact) mass is 607 g/mol. The Bertz CT molecular complexity index is 739. The molecule has 1 rings (SSSR count). The molecular formula is C38H71O3P. The van der Waals surface area contributed by atoms with Gasteiger partial charge in [0.15, 0.2) is 0 Å². The average molecular weight is 607 g/mol. The molecule has 246 valence electrons. The molecule has 0 spiro atoms. The Labute approximate surface area is 264 Å². The molecule has 0 heterocycles. The molecule has 0 saturated carbocycles. The molecule has 0 aliphatic heterocycles. The van der Waals surface area contributed by atoms with Gasteiger partial charge in [0.05, 0.1) is 13.2 Å². The molecule has 1 aromatic rings. The molecule has 0 fully saturated rings. The lowest BCUT2D eigenvalue weighted by molar-refractivity contribution is 0.197. The van der Waals surface area contributed by atoms with Crippen molar-refractivity contribution in [2.45, 2.75) is 195 Å². The highest BCUT2D eigenvalue weighted by atomic mass is 31.2. The lowest BCUT2D eigenvalue weighted by Crippen LogP contribution is -2.17. The van der Waals surface area contributed by atoms with Crippen molar-refractivity contribution in [3.05, 3.63) is 29.3 Å². The summed E-state index contributed by atoms with van der Waals surface area (Å²) >= 11 is 0. The Kier molecular flexibility index (Phi) is 22.2. The van der Waals surface area contributed by atoms with Gasteiger partial charge in [-0.05, 0) is 35.3 Å². The highest BCUT2D eigenvalue weighted by Gasteiger charge is 2.26. The maximum atomic E-state index is 6.54. The number of hydrogen-bond acceptors (Lipinski definition) is 3. The van der Waals surface area contributed by atoms with E-state index in [1.165, 1.54) is 127 Å². The number of unbranched alkanes of at least 4 members (excludes halogenated alkanes) is 18. The summed E-state index contributed by atoms with van der Waals surface area (Å²) in [6.45, 7) is 19.6. The minimum Gasteiger partial charge on any atom is -0.426 e. The van der Waals surface area contributed by atoms with E-state index in [0.717, 1.165) is 18.6 Å². The smallest absolute Gasteiger partial charge is 0.397 e. The van der Waals surface area contributed by atoms with Crippen LogP contribution in [0.25, 0.3) is 0 Å². The standard InChI is InChI=1S/C38H71O3P/c1-9-11-13-15-17-19-21-23-25-27-31-39-42(40-32-28-26-24-22-20-18-16-14-12-10-2)41-36-30-29-34(37(3,4)5)33-35(36)38(6,7)8/h29-30,33H,9-28,31-32H2,1-8H3. The van der Waals surface area contributed by atoms with Crippen molar-refractivity contribution in [3.63, 3.8) is 0 Å². The first-order valence-electron chi connectivity index (χ1n) is 18.0. The van der Waals surface area contributed by atoms with E-state index < -0.39 is 8.60 Å². The molecule has 0 amide bonds.